The van der Waals surface area contributed by atoms with Crippen molar-refractivity contribution < 1.29 is 9.21 Å². The molecule has 0 radical (unpaired) electrons. The van der Waals surface area contributed by atoms with Gasteiger partial charge < -0.3 is 4.42 Å². The maximum absolute atomic E-state index is 12.5. The molecule has 2 nitrogen and oxygen atoms in total. The van der Waals surface area contributed by atoms with Gasteiger partial charge in [0.1, 0.15) is 5.76 Å². The Morgan fingerprint density at radius 1 is 1.41 bits per heavy atom. The highest BCUT2D eigenvalue weighted by atomic mass is 16.3. The first kappa shape index (κ1) is 10.8. The van der Waals surface area contributed by atoms with E-state index in [2.05, 4.69) is 20.8 Å². The molecule has 0 saturated heterocycles. The highest BCUT2D eigenvalue weighted by Gasteiger charge is 2.63. The molecule has 2 heteroatoms. The van der Waals surface area contributed by atoms with Crippen LogP contribution < -0.4 is 0 Å². The zero-order valence-electron chi connectivity index (χ0n) is 10.6. The van der Waals surface area contributed by atoms with Crippen molar-refractivity contribution in [2.24, 2.45) is 16.7 Å². The number of furan rings is 1. The molecular formula is C15H18O2. The van der Waals surface area contributed by atoms with Gasteiger partial charge in [0, 0.05) is 11.0 Å². The van der Waals surface area contributed by atoms with Crippen LogP contribution >= 0.6 is 0 Å². The lowest BCUT2D eigenvalue weighted by Gasteiger charge is -2.31. The first-order valence-corrected chi connectivity index (χ1v) is 6.27. The van der Waals surface area contributed by atoms with Gasteiger partial charge in [0.25, 0.3) is 0 Å². The van der Waals surface area contributed by atoms with E-state index in [1.54, 1.807) is 6.26 Å². The van der Waals surface area contributed by atoms with Crippen molar-refractivity contribution in [2.75, 3.05) is 0 Å². The topological polar surface area (TPSA) is 30.2 Å². The number of carbonyl (C=O) groups is 1. The SMILES string of the molecule is CC1(C)[C@H]2CC[C@]1(C)C(=O)/C2=C\c1ccco1. The van der Waals surface area contributed by atoms with E-state index in [4.69, 9.17) is 4.42 Å². The normalized spacial score (nSPS) is 37.0. The fourth-order valence-electron chi connectivity index (χ4n) is 3.62. The molecular weight excluding hydrogens is 212 g/mol. The van der Waals surface area contributed by atoms with Gasteiger partial charge in [0.2, 0.25) is 0 Å². The highest BCUT2D eigenvalue weighted by Crippen LogP contribution is 2.65. The van der Waals surface area contributed by atoms with Crippen LogP contribution in [-0.4, -0.2) is 5.78 Å². The summed E-state index contributed by atoms with van der Waals surface area (Å²) in [6, 6.07) is 3.76. The van der Waals surface area contributed by atoms with Gasteiger partial charge in [-0.15, -0.1) is 0 Å². The Bertz CT molecular complexity index is 493. The molecule has 2 atom stereocenters. The Morgan fingerprint density at radius 3 is 2.71 bits per heavy atom. The average molecular weight is 230 g/mol. The Balaban J connectivity index is 2.08. The number of ketones is 1. The van der Waals surface area contributed by atoms with Crippen molar-refractivity contribution in [1.82, 2.24) is 0 Å². The van der Waals surface area contributed by atoms with Crippen LogP contribution in [0.25, 0.3) is 6.08 Å². The number of fused-ring (bicyclic) bond motifs is 2. The molecule has 2 saturated carbocycles. The predicted octanol–water partition coefficient (Wildman–Crippen LogP) is 3.69. The van der Waals surface area contributed by atoms with Crippen molar-refractivity contribution in [3.63, 3.8) is 0 Å². The van der Waals surface area contributed by atoms with Gasteiger partial charge in [-0.1, -0.05) is 20.8 Å². The van der Waals surface area contributed by atoms with E-state index in [0.717, 1.165) is 24.2 Å². The summed E-state index contributed by atoms with van der Waals surface area (Å²) in [6.07, 6.45) is 5.75. The zero-order valence-corrected chi connectivity index (χ0v) is 10.6. The second-order valence-corrected chi connectivity index (χ2v) is 6.09. The van der Waals surface area contributed by atoms with Crippen molar-refractivity contribution in [1.29, 1.82) is 0 Å². The van der Waals surface area contributed by atoms with E-state index < -0.39 is 0 Å². The van der Waals surface area contributed by atoms with E-state index in [1.165, 1.54) is 0 Å². The van der Waals surface area contributed by atoms with Crippen LogP contribution in [0.5, 0.6) is 0 Å². The van der Waals surface area contributed by atoms with E-state index in [1.807, 2.05) is 18.2 Å². The molecule has 3 rings (SSSR count). The first-order chi connectivity index (χ1) is 7.97. The van der Waals surface area contributed by atoms with Gasteiger partial charge in [-0.05, 0) is 42.4 Å². The number of hydrogen-bond acceptors (Lipinski definition) is 2. The zero-order chi connectivity index (χ0) is 12.3. The van der Waals surface area contributed by atoms with Gasteiger partial charge in [0.05, 0.1) is 6.26 Å². The number of hydrogen-bond donors (Lipinski definition) is 0. The van der Waals surface area contributed by atoms with Gasteiger partial charge in [-0.3, -0.25) is 4.79 Å². The number of Topliss-reactive ketones (excluding diaryl/α,β-unsaturated/α-hetero) is 1. The van der Waals surface area contributed by atoms with E-state index in [9.17, 15) is 4.79 Å². The molecule has 1 aromatic heterocycles. The molecule has 0 amide bonds. The molecule has 2 bridgehead atoms. The Morgan fingerprint density at radius 2 is 2.18 bits per heavy atom. The number of allylic oxidation sites excluding steroid dienone is 1. The monoisotopic (exact) mass is 230 g/mol. The van der Waals surface area contributed by atoms with E-state index >= 15 is 0 Å². The average Bonchev–Trinajstić information content (AvgIpc) is 2.87. The third-order valence-corrected chi connectivity index (χ3v) is 5.21. The molecule has 0 aromatic carbocycles. The predicted molar refractivity (Wildman–Crippen MR) is 66.3 cm³/mol. The lowest BCUT2D eigenvalue weighted by atomic mass is 9.70. The van der Waals surface area contributed by atoms with Crippen LogP contribution in [0.4, 0.5) is 0 Å². The third kappa shape index (κ3) is 1.18. The molecule has 17 heavy (non-hydrogen) atoms. The number of carbonyl (C=O) groups excluding carboxylic acids is 1. The summed E-state index contributed by atoms with van der Waals surface area (Å²) >= 11 is 0. The van der Waals surface area contributed by atoms with Crippen LogP contribution in [0, 0.1) is 16.7 Å². The molecule has 0 spiro atoms. The molecule has 2 aliphatic carbocycles. The van der Waals surface area contributed by atoms with Gasteiger partial charge in [0.15, 0.2) is 5.78 Å². The molecule has 0 unspecified atom stereocenters. The van der Waals surface area contributed by atoms with Crippen LogP contribution in [-0.2, 0) is 4.79 Å². The minimum Gasteiger partial charge on any atom is -0.465 e. The summed E-state index contributed by atoms with van der Waals surface area (Å²) in [7, 11) is 0. The molecule has 2 fully saturated rings. The Hall–Kier alpha value is -1.31. The summed E-state index contributed by atoms with van der Waals surface area (Å²) in [4.78, 5) is 12.5. The fraction of sp³-hybridized carbons (Fsp3) is 0.533. The number of rotatable bonds is 1. The second-order valence-electron chi connectivity index (χ2n) is 6.09. The minimum atomic E-state index is -0.171. The first-order valence-electron chi connectivity index (χ1n) is 6.27. The summed E-state index contributed by atoms with van der Waals surface area (Å²) in [5.41, 5.74) is 0.886. The smallest absolute Gasteiger partial charge is 0.165 e. The summed E-state index contributed by atoms with van der Waals surface area (Å²) < 4.78 is 5.32. The summed E-state index contributed by atoms with van der Waals surface area (Å²) in [5.74, 6) is 1.51. The molecule has 2 aliphatic rings. The van der Waals surface area contributed by atoms with E-state index in [0.29, 0.717) is 11.7 Å². The van der Waals surface area contributed by atoms with Gasteiger partial charge >= 0.3 is 0 Å². The van der Waals surface area contributed by atoms with Crippen molar-refractivity contribution in [3.05, 3.63) is 29.7 Å². The minimum absolute atomic E-state index is 0.0858. The van der Waals surface area contributed by atoms with Gasteiger partial charge in [-0.2, -0.15) is 0 Å². The van der Waals surface area contributed by atoms with Crippen molar-refractivity contribution >= 4 is 11.9 Å². The van der Waals surface area contributed by atoms with Crippen LogP contribution in [0.1, 0.15) is 39.4 Å². The maximum atomic E-state index is 12.5. The van der Waals surface area contributed by atoms with E-state index in [-0.39, 0.29) is 10.8 Å². The molecule has 0 aliphatic heterocycles. The lowest BCUT2D eigenvalue weighted by Crippen LogP contribution is -2.32. The van der Waals surface area contributed by atoms with Crippen molar-refractivity contribution in [2.45, 2.75) is 33.6 Å². The molecule has 1 heterocycles. The molecule has 90 valence electrons. The van der Waals surface area contributed by atoms with Gasteiger partial charge in [-0.25, -0.2) is 0 Å². The summed E-state index contributed by atoms with van der Waals surface area (Å²) in [5, 5.41) is 0. The largest absolute Gasteiger partial charge is 0.465 e. The third-order valence-electron chi connectivity index (χ3n) is 5.21. The lowest BCUT2D eigenvalue weighted by molar-refractivity contribution is -0.125. The Labute approximate surface area is 102 Å². The maximum Gasteiger partial charge on any atom is 0.165 e. The highest BCUT2D eigenvalue weighted by molar-refractivity contribution is 6.07. The van der Waals surface area contributed by atoms with Crippen LogP contribution in [0.2, 0.25) is 0 Å². The Kier molecular flexibility index (Phi) is 1.99. The van der Waals surface area contributed by atoms with Crippen molar-refractivity contribution in [3.8, 4) is 0 Å². The standard InChI is InChI=1S/C15H18O2/c1-14(2)12-6-7-15(14,3)13(16)11(12)9-10-5-4-8-17-10/h4-5,8-9,12H,6-7H2,1-3H3/b11-9-/t12-,15+/m0/s1. The summed E-state index contributed by atoms with van der Waals surface area (Å²) in [6.45, 7) is 6.58. The quantitative estimate of drug-likeness (QED) is 0.689. The second kappa shape index (κ2) is 3.12. The molecule has 1 aromatic rings. The van der Waals surface area contributed by atoms with Crippen LogP contribution in [0.3, 0.4) is 0 Å². The molecule has 0 N–H and O–H groups in total. The van der Waals surface area contributed by atoms with Crippen LogP contribution in [0.15, 0.2) is 28.4 Å². The fourth-order valence-corrected chi connectivity index (χ4v) is 3.62.